The zero-order valence-corrected chi connectivity index (χ0v) is 23.1. The quantitative estimate of drug-likeness (QED) is 0.183. The second-order valence-electron chi connectivity index (χ2n) is 11.2. The lowest BCUT2D eigenvalue weighted by molar-refractivity contribution is 0.0475. The third-order valence-corrected chi connectivity index (χ3v) is 8.55. The molecule has 0 aliphatic heterocycles. The first-order chi connectivity index (χ1) is 18.8. The van der Waals surface area contributed by atoms with Gasteiger partial charge in [-0.1, -0.05) is 63.2 Å². The number of esters is 1. The van der Waals surface area contributed by atoms with Crippen LogP contribution in [0.15, 0.2) is 72.2 Å². The van der Waals surface area contributed by atoms with Gasteiger partial charge in [0, 0.05) is 32.9 Å². The lowest BCUT2D eigenvalue weighted by atomic mass is 9.69. The van der Waals surface area contributed by atoms with Crippen molar-refractivity contribution in [2.45, 2.75) is 33.6 Å². The number of ether oxygens (including phenoxy) is 1. The van der Waals surface area contributed by atoms with Gasteiger partial charge in [-0.3, -0.25) is 4.79 Å². The number of fused-ring (bicyclic) bond motifs is 3. The van der Waals surface area contributed by atoms with E-state index in [0.717, 1.165) is 56.4 Å². The molecule has 1 aliphatic carbocycles. The summed E-state index contributed by atoms with van der Waals surface area (Å²) in [6.07, 6.45) is 5.49. The number of hydrogen-bond acceptors (Lipinski definition) is 5. The number of H-pyrrole nitrogens is 1. The zero-order chi connectivity index (χ0) is 27.1. The monoisotopic (exact) mass is 534 g/mol. The Morgan fingerprint density at radius 2 is 1.79 bits per heavy atom. The Morgan fingerprint density at radius 3 is 2.56 bits per heavy atom. The maximum atomic E-state index is 13.8. The molecule has 5 aromatic rings. The molecule has 1 atom stereocenters. The molecule has 0 saturated carbocycles. The van der Waals surface area contributed by atoms with Gasteiger partial charge < -0.3 is 9.72 Å². The van der Waals surface area contributed by atoms with Gasteiger partial charge in [0.2, 0.25) is 5.78 Å². The average molecular weight is 535 g/mol. The summed E-state index contributed by atoms with van der Waals surface area (Å²) in [5, 5.41) is 3.64. The van der Waals surface area contributed by atoms with Crippen LogP contribution >= 0.6 is 11.3 Å². The molecule has 6 heteroatoms. The minimum absolute atomic E-state index is 0.0321. The fourth-order valence-corrected chi connectivity index (χ4v) is 6.18. The number of carbonyl (C=O) groups is 2. The second kappa shape index (κ2) is 9.93. The van der Waals surface area contributed by atoms with E-state index in [4.69, 9.17) is 9.72 Å². The number of aromatic nitrogens is 2. The van der Waals surface area contributed by atoms with Crippen LogP contribution < -0.4 is 0 Å². The summed E-state index contributed by atoms with van der Waals surface area (Å²) in [5.41, 5.74) is 5.60. The van der Waals surface area contributed by atoms with Gasteiger partial charge in [-0.25, -0.2) is 9.78 Å². The van der Waals surface area contributed by atoms with Crippen LogP contribution in [0.1, 0.15) is 64.0 Å². The molecule has 0 bridgehead atoms. The largest absolute Gasteiger partial charge is 0.454 e. The standard InChI is InChI=1S/C33H30N2O3S/c1-33(2,3)21-15-20(16-22-9-8-14-39-22)31-25(17-21)30(24-11-5-7-13-28(24)35-31)32(37)38-19-29(36)26-18-34-27-12-6-4-10-23(26)27/h4-14,16,18,21,34H,15,17,19H2,1-3H3/b20-16+/t21-/m0/s1. The molecule has 6 rings (SSSR count). The molecule has 0 unspecified atom stereocenters. The summed E-state index contributed by atoms with van der Waals surface area (Å²) < 4.78 is 5.75. The van der Waals surface area contributed by atoms with E-state index in [9.17, 15) is 9.59 Å². The van der Waals surface area contributed by atoms with Crippen LogP contribution in [0.2, 0.25) is 0 Å². The van der Waals surface area contributed by atoms with Crippen molar-refractivity contribution < 1.29 is 14.3 Å². The van der Waals surface area contributed by atoms with Crippen molar-refractivity contribution in [3.05, 3.63) is 99.5 Å². The summed E-state index contributed by atoms with van der Waals surface area (Å²) in [4.78, 5) is 36.3. The number of benzene rings is 2. The SMILES string of the molecule is CC(C)(C)[C@H]1C/C(=C\c2cccs2)c2nc3ccccc3c(C(=O)OCC(=O)c3c[nH]c4ccccc34)c2C1. The van der Waals surface area contributed by atoms with Crippen LogP contribution in [0.25, 0.3) is 33.5 Å². The lowest BCUT2D eigenvalue weighted by Crippen LogP contribution is -2.29. The van der Waals surface area contributed by atoms with Crippen molar-refractivity contribution in [1.29, 1.82) is 0 Å². The molecule has 2 aromatic carbocycles. The predicted molar refractivity (Wildman–Crippen MR) is 158 cm³/mol. The third kappa shape index (κ3) is 4.81. The number of hydrogen-bond donors (Lipinski definition) is 1. The van der Waals surface area contributed by atoms with Crippen molar-refractivity contribution in [2.24, 2.45) is 11.3 Å². The van der Waals surface area contributed by atoms with Gasteiger partial charge >= 0.3 is 5.97 Å². The Bertz CT molecular complexity index is 1740. The number of ketones is 1. The lowest BCUT2D eigenvalue weighted by Gasteiger charge is -2.36. The number of pyridine rings is 1. The highest BCUT2D eigenvalue weighted by Crippen LogP contribution is 2.45. The normalized spacial score (nSPS) is 16.5. The van der Waals surface area contributed by atoms with E-state index in [1.54, 1.807) is 17.5 Å². The van der Waals surface area contributed by atoms with E-state index in [1.807, 2.05) is 54.6 Å². The van der Waals surface area contributed by atoms with Crippen LogP contribution in [0.5, 0.6) is 0 Å². The van der Waals surface area contributed by atoms with Crippen molar-refractivity contribution in [2.75, 3.05) is 6.61 Å². The molecular formula is C33H30N2O3S. The van der Waals surface area contributed by atoms with Gasteiger partial charge in [0.1, 0.15) is 0 Å². The molecular weight excluding hydrogens is 504 g/mol. The first-order valence-corrected chi connectivity index (χ1v) is 14.1. The molecule has 1 N–H and O–H groups in total. The fraction of sp³-hybridized carbons (Fsp3) is 0.242. The number of nitrogens with one attached hydrogen (secondary N) is 1. The second-order valence-corrected chi connectivity index (χ2v) is 12.2. The van der Waals surface area contributed by atoms with Gasteiger partial charge in [0.25, 0.3) is 0 Å². The van der Waals surface area contributed by atoms with Gasteiger partial charge in [0.15, 0.2) is 6.61 Å². The number of Topliss-reactive ketones (excluding diaryl/α,β-unsaturated/α-hetero) is 1. The fourth-order valence-electron chi connectivity index (χ4n) is 5.50. The number of thiophene rings is 1. The van der Waals surface area contributed by atoms with Crippen LogP contribution in [0.3, 0.4) is 0 Å². The van der Waals surface area contributed by atoms with Crippen molar-refractivity contribution in [3.63, 3.8) is 0 Å². The summed E-state index contributed by atoms with van der Waals surface area (Å²) >= 11 is 1.69. The number of para-hydroxylation sites is 2. The number of rotatable bonds is 5. The van der Waals surface area contributed by atoms with Gasteiger partial charge in [-0.15, -0.1) is 11.3 Å². The van der Waals surface area contributed by atoms with E-state index in [1.165, 1.54) is 0 Å². The first-order valence-electron chi connectivity index (χ1n) is 13.2. The molecule has 3 aromatic heterocycles. The Hall–Kier alpha value is -4.03. The number of allylic oxidation sites excluding steroid dienone is 1. The third-order valence-electron chi connectivity index (χ3n) is 7.73. The van der Waals surface area contributed by atoms with E-state index in [2.05, 4.69) is 43.3 Å². The highest BCUT2D eigenvalue weighted by Gasteiger charge is 2.35. The van der Waals surface area contributed by atoms with E-state index in [0.29, 0.717) is 17.0 Å². The van der Waals surface area contributed by atoms with Crippen LogP contribution in [-0.2, 0) is 11.2 Å². The highest BCUT2D eigenvalue weighted by atomic mass is 32.1. The van der Waals surface area contributed by atoms with E-state index >= 15 is 0 Å². The average Bonchev–Trinajstić information content (AvgIpc) is 3.60. The Balaban J connectivity index is 1.41. The Labute approximate surface area is 231 Å². The smallest absolute Gasteiger partial charge is 0.339 e. The van der Waals surface area contributed by atoms with Crippen LogP contribution in [0.4, 0.5) is 0 Å². The van der Waals surface area contributed by atoms with E-state index < -0.39 is 5.97 Å². The van der Waals surface area contributed by atoms with Gasteiger partial charge in [-0.2, -0.15) is 0 Å². The summed E-state index contributed by atoms with van der Waals surface area (Å²) in [7, 11) is 0. The molecule has 0 amide bonds. The van der Waals surface area contributed by atoms with Gasteiger partial charge in [0.05, 0.1) is 16.8 Å². The zero-order valence-electron chi connectivity index (χ0n) is 22.3. The molecule has 196 valence electrons. The predicted octanol–water partition coefficient (Wildman–Crippen LogP) is 7.97. The maximum absolute atomic E-state index is 13.8. The van der Waals surface area contributed by atoms with Crippen molar-refractivity contribution in [3.8, 4) is 0 Å². The number of aromatic amines is 1. The van der Waals surface area contributed by atoms with E-state index in [-0.39, 0.29) is 17.8 Å². The minimum atomic E-state index is -0.483. The topological polar surface area (TPSA) is 72.0 Å². The highest BCUT2D eigenvalue weighted by molar-refractivity contribution is 7.10. The van der Waals surface area contributed by atoms with Crippen molar-refractivity contribution >= 4 is 56.5 Å². The summed E-state index contributed by atoms with van der Waals surface area (Å²) in [6.45, 7) is 6.42. The number of nitrogens with zero attached hydrogens (tertiary/aromatic N) is 1. The first kappa shape index (κ1) is 25.3. The van der Waals surface area contributed by atoms with Crippen molar-refractivity contribution in [1.82, 2.24) is 9.97 Å². The molecule has 0 spiro atoms. The summed E-state index contributed by atoms with van der Waals surface area (Å²) in [6, 6.07) is 19.5. The summed E-state index contributed by atoms with van der Waals surface area (Å²) in [5.74, 6) is -0.402. The molecule has 3 heterocycles. The minimum Gasteiger partial charge on any atom is -0.454 e. The molecule has 1 aliphatic rings. The van der Waals surface area contributed by atoms with Crippen LogP contribution in [-0.4, -0.2) is 28.3 Å². The Kier molecular flexibility index (Phi) is 6.43. The molecule has 0 saturated heterocycles. The molecule has 0 radical (unpaired) electrons. The molecule has 0 fully saturated rings. The van der Waals surface area contributed by atoms with Gasteiger partial charge in [-0.05, 0) is 65.0 Å². The van der Waals surface area contributed by atoms with Crippen LogP contribution in [0, 0.1) is 11.3 Å². The maximum Gasteiger partial charge on any atom is 0.339 e. The molecule has 39 heavy (non-hydrogen) atoms. The number of carbonyl (C=O) groups excluding carboxylic acids is 2. The molecule has 5 nitrogen and oxygen atoms in total. The Morgan fingerprint density at radius 1 is 1.03 bits per heavy atom.